The number of thiophene rings is 1. The summed E-state index contributed by atoms with van der Waals surface area (Å²) >= 11 is 2.73. The quantitative estimate of drug-likeness (QED) is 0.311. The van der Waals surface area contributed by atoms with E-state index >= 15 is 0 Å². The molecule has 0 radical (unpaired) electrons. The Morgan fingerprint density at radius 2 is 2.25 bits per heavy atom. The Morgan fingerprint density at radius 1 is 1.42 bits per heavy atom. The fourth-order valence-corrected chi connectivity index (χ4v) is 3.38. The molecule has 1 N–H and O–H groups in total. The number of H-pyrrole nitrogens is 1. The van der Waals surface area contributed by atoms with Gasteiger partial charge in [0.05, 0.1) is 15.6 Å². The molecular formula is C15H12N4O3S2. The van der Waals surface area contributed by atoms with Gasteiger partial charge >= 0.3 is 0 Å². The first-order valence-electron chi connectivity index (χ1n) is 6.92. The van der Waals surface area contributed by atoms with Gasteiger partial charge in [-0.2, -0.15) is 0 Å². The Labute approximate surface area is 145 Å². The predicted molar refractivity (Wildman–Crippen MR) is 92.6 cm³/mol. The van der Waals surface area contributed by atoms with Crippen molar-refractivity contribution in [3.05, 3.63) is 57.0 Å². The van der Waals surface area contributed by atoms with Crippen LogP contribution in [0.5, 0.6) is 0 Å². The Bertz CT molecular complexity index is 890. The van der Waals surface area contributed by atoms with E-state index in [0.29, 0.717) is 22.1 Å². The second-order valence-corrected chi connectivity index (χ2v) is 6.80. The Hall–Kier alpha value is -2.52. The van der Waals surface area contributed by atoms with Gasteiger partial charge in [-0.05, 0) is 18.4 Å². The second-order valence-electron chi connectivity index (χ2n) is 4.91. The van der Waals surface area contributed by atoms with E-state index in [1.807, 2.05) is 17.5 Å². The van der Waals surface area contributed by atoms with Crippen LogP contribution in [0.2, 0.25) is 0 Å². The maximum atomic E-state index is 12.2. The fraction of sp³-hybridized carbons (Fsp3) is 0.133. The van der Waals surface area contributed by atoms with Crippen LogP contribution in [0.15, 0.2) is 40.9 Å². The third-order valence-corrected chi connectivity index (χ3v) is 5.00. The molecule has 0 unspecified atom stereocenters. The monoisotopic (exact) mass is 360 g/mol. The Morgan fingerprint density at radius 3 is 2.96 bits per heavy atom. The van der Waals surface area contributed by atoms with Crippen LogP contribution in [0.4, 0.5) is 5.69 Å². The lowest BCUT2D eigenvalue weighted by Crippen LogP contribution is -2.04. The number of thioether (sulfide) groups is 1. The number of nitro benzene ring substituents is 1. The van der Waals surface area contributed by atoms with Crippen molar-refractivity contribution in [2.45, 2.75) is 12.1 Å². The van der Waals surface area contributed by atoms with Crippen LogP contribution >= 0.6 is 23.1 Å². The fourth-order valence-electron chi connectivity index (χ4n) is 2.03. The molecule has 1 aromatic carbocycles. The number of rotatable bonds is 6. The van der Waals surface area contributed by atoms with Crippen LogP contribution < -0.4 is 0 Å². The first kappa shape index (κ1) is 16.3. The highest BCUT2D eigenvalue weighted by atomic mass is 32.2. The minimum absolute atomic E-state index is 0.0521. The van der Waals surface area contributed by atoms with E-state index in [1.54, 1.807) is 30.4 Å². The molecule has 2 heterocycles. The van der Waals surface area contributed by atoms with E-state index in [2.05, 4.69) is 15.2 Å². The molecule has 0 saturated heterocycles. The van der Waals surface area contributed by atoms with Gasteiger partial charge < -0.3 is 0 Å². The van der Waals surface area contributed by atoms with Gasteiger partial charge in [-0.3, -0.25) is 20.0 Å². The summed E-state index contributed by atoms with van der Waals surface area (Å²) in [4.78, 5) is 28.0. The van der Waals surface area contributed by atoms with Crippen LogP contribution in [0.1, 0.15) is 15.9 Å². The number of Topliss-reactive ketones (excluding diaryl/α,β-unsaturated/α-hetero) is 1. The van der Waals surface area contributed by atoms with Crippen LogP contribution in [-0.4, -0.2) is 31.6 Å². The third kappa shape index (κ3) is 3.52. The highest BCUT2D eigenvalue weighted by Crippen LogP contribution is 2.24. The summed E-state index contributed by atoms with van der Waals surface area (Å²) in [7, 11) is 0. The molecule has 3 rings (SSSR count). The van der Waals surface area contributed by atoms with Crippen molar-refractivity contribution in [3.8, 4) is 10.7 Å². The minimum atomic E-state index is -0.484. The largest absolute Gasteiger partial charge is 0.293 e. The molecule has 0 atom stereocenters. The van der Waals surface area contributed by atoms with E-state index in [1.165, 1.54) is 17.8 Å². The molecule has 3 aromatic rings. The van der Waals surface area contributed by atoms with Gasteiger partial charge in [-0.1, -0.05) is 30.0 Å². The zero-order chi connectivity index (χ0) is 17.1. The maximum absolute atomic E-state index is 12.2. The van der Waals surface area contributed by atoms with Gasteiger partial charge in [0.15, 0.2) is 11.6 Å². The molecule has 0 amide bonds. The number of benzene rings is 1. The van der Waals surface area contributed by atoms with Crippen LogP contribution in [-0.2, 0) is 0 Å². The summed E-state index contributed by atoms with van der Waals surface area (Å²) < 4.78 is 0. The van der Waals surface area contributed by atoms with E-state index in [9.17, 15) is 14.9 Å². The van der Waals surface area contributed by atoms with E-state index in [0.717, 1.165) is 4.88 Å². The lowest BCUT2D eigenvalue weighted by atomic mass is 10.1. The van der Waals surface area contributed by atoms with Crippen LogP contribution in [0, 0.1) is 17.0 Å². The number of hydrogen-bond acceptors (Lipinski definition) is 7. The number of carbonyl (C=O) groups is 1. The average Bonchev–Trinajstić information content (AvgIpc) is 3.24. The Balaban J connectivity index is 1.68. The molecule has 0 aliphatic heterocycles. The standard InChI is InChI=1S/C15H12N4O3S2/c1-9-4-5-10(7-11(9)19(21)22)12(20)8-24-15-16-14(17-18-15)13-3-2-6-23-13/h2-7H,8H2,1H3,(H,16,17,18). The number of aryl methyl sites for hydroxylation is 1. The topological polar surface area (TPSA) is 102 Å². The summed E-state index contributed by atoms with van der Waals surface area (Å²) in [6, 6.07) is 8.34. The average molecular weight is 360 g/mol. The van der Waals surface area contributed by atoms with Crippen molar-refractivity contribution in [2.75, 3.05) is 5.75 Å². The van der Waals surface area contributed by atoms with Gasteiger partial charge in [0.1, 0.15) is 0 Å². The van der Waals surface area contributed by atoms with Gasteiger partial charge in [-0.15, -0.1) is 16.4 Å². The van der Waals surface area contributed by atoms with Gasteiger partial charge in [0, 0.05) is 17.2 Å². The molecule has 2 aromatic heterocycles. The number of nitrogens with one attached hydrogen (secondary N) is 1. The van der Waals surface area contributed by atoms with E-state index in [4.69, 9.17) is 0 Å². The normalized spacial score (nSPS) is 10.7. The van der Waals surface area contributed by atoms with Crippen molar-refractivity contribution in [2.24, 2.45) is 0 Å². The van der Waals surface area contributed by atoms with Crippen LogP contribution in [0.25, 0.3) is 10.7 Å². The highest BCUT2D eigenvalue weighted by molar-refractivity contribution is 7.99. The number of nitro groups is 1. The number of aromatic amines is 1. The molecular weight excluding hydrogens is 348 g/mol. The summed E-state index contributed by atoms with van der Waals surface area (Å²) in [5, 5.41) is 20.3. The SMILES string of the molecule is Cc1ccc(C(=O)CSc2n[nH]c(-c3cccs3)n2)cc1[N+](=O)[O-]. The van der Waals surface area contributed by atoms with Crippen molar-refractivity contribution in [1.29, 1.82) is 0 Å². The molecule has 0 aliphatic rings. The number of ketones is 1. The summed E-state index contributed by atoms with van der Waals surface area (Å²) in [6.45, 7) is 1.64. The van der Waals surface area contributed by atoms with Gasteiger partial charge in [0.25, 0.3) is 5.69 Å². The maximum Gasteiger partial charge on any atom is 0.273 e. The number of carbonyl (C=O) groups excluding carboxylic acids is 1. The van der Waals surface area contributed by atoms with Gasteiger partial charge in [-0.25, -0.2) is 4.98 Å². The lowest BCUT2D eigenvalue weighted by Gasteiger charge is -2.01. The lowest BCUT2D eigenvalue weighted by molar-refractivity contribution is -0.385. The highest BCUT2D eigenvalue weighted by Gasteiger charge is 2.16. The molecule has 122 valence electrons. The molecule has 7 nitrogen and oxygen atoms in total. The van der Waals surface area contributed by atoms with Crippen molar-refractivity contribution in [3.63, 3.8) is 0 Å². The molecule has 9 heteroatoms. The molecule has 0 bridgehead atoms. The third-order valence-electron chi connectivity index (χ3n) is 3.28. The van der Waals surface area contributed by atoms with Crippen molar-refractivity contribution < 1.29 is 9.72 Å². The summed E-state index contributed by atoms with van der Waals surface area (Å²) in [5.41, 5.74) is 0.788. The first-order chi connectivity index (χ1) is 11.5. The predicted octanol–water partition coefficient (Wildman–Crippen LogP) is 3.72. The van der Waals surface area contributed by atoms with Gasteiger partial charge in [0.2, 0.25) is 5.16 Å². The molecule has 0 saturated carbocycles. The zero-order valence-corrected chi connectivity index (χ0v) is 14.2. The molecule has 0 aliphatic carbocycles. The number of nitrogens with zero attached hydrogens (tertiary/aromatic N) is 3. The first-order valence-corrected chi connectivity index (χ1v) is 8.78. The smallest absolute Gasteiger partial charge is 0.273 e. The summed E-state index contributed by atoms with van der Waals surface area (Å²) in [6.07, 6.45) is 0. The Kier molecular flexibility index (Phi) is 4.72. The number of aromatic nitrogens is 3. The van der Waals surface area contributed by atoms with Crippen molar-refractivity contribution in [1.82, 2.24) is 15.2 Å². The molecule has 0 spiro atoms. The van der Waals surface area contributed by atoms with E-state index in [-0.39, 0.29) is 17.2 Å². The van der Waals surface area contributed by atoms with Crippen molar-refractivity contribution >= 4 is 34.6 Å². The van der Waals surface area contributed by atoms with E-state index < -0.39 is 4.92 Å². The second kappa shape index (κ2) is 6.93. The number of hydrogen-bond donors (Lipinski definition) is 1. The molecule has 24 heavy (non-hydrogen) atoms. The zero-order valence-electron chi connectivity index (χ0n) is 12.6. The minimum Gasteiger partial charge on any atom is -0.293 e. The molecule has 0 fully saturated rings. The summed E-state index contributed by atoms with van der Waals surface area (Å²) in [5.74, 6) is 0.568. The van der Waals surface area contributed by atoms with Crippen LogP contribution in [0.3, 0.4) is 0 Å².